The lowest BCUT2D eigenvalue weighted by Crippen LogP contribution is -2.35. The van der Waals surface area contributed by atoms with Gasteiger partial charge in [0.1, 0.15) is 0 Å². The molecular weight excluding hydrogens is 282 g/mol. The Kier molecular flexibility index (Phi) is 8.91. The predicted octanol–water partition coefficient (Wildman–Crippen LogP) is 2.05. The van der Waals surface area contributed by atoms with Gasteiger partial charge in [0.25, 0.3) is 0 Å². The minimum absolute atomic E-state index is 0.0200. The van der Waals surface area contributed by atoms with Crippen molar-refractivity contribution in [2.24, 2.45) is 0 Å². The summed E-state index contributed by atoms with van der Waals surface area (Å²) in [4.78, 5) is 25.4. The third-order valence-electron chi connectivity index (χ3n) is 3.29. The van der Waals surface area contributed by atoms with E-state index in [9.17, 15) is 9.59 Å². The quantitative estimate of drug-likeness (QED) is 0.490. The molecule has 0 aliphatic carbocycles. The monoisotopic (exact) mass is 307 g/mol. The normalized spacial score (nSPS) is 10.3. The number of amides is 1. The lowest BCUT2D eigenvalue weighted by molar-refractivity contribution is -0.141. The van der Waals surface area contributed by atoms with E-state index in [-0.39, 0.29) is 18.3 Å². The van der Waals surface area contributed by atoms with E-state index in [2.05, 4.69) is 4.74 Å². The zero-order valence-electron chi connectivity index (χ0n) is 13.4. The average molecular weight is 307 g/mol. The van der Waals surface area contributed by atoms with Crippen LogP contribution in [0.1, 0.15) is 25.3 Å². The van der Waals surface area contributed by atoms with Gasteiger partial charge in [0, 0.05) is 26.3 Å². The van der Waals surface area contributed by atoms with Crippen molar-refractivity contribution < 1.29 is 19.1 Å². The van der Waals surface area contributed by atoms with Crippen LogP contribution in [-0.2, 0) is 25.5 Å². The number of rotatable bonds is 10. The minimum Gasteiger partial charge on any atom is -0.469 e. The smallest absolute Gasteiger partial charge is 0.307 e. The van der Waals surface area contributed by atoms with Gasteiger partial charge < -0.3 is 14.4 Å². The van der Waals surface area contributed by atoms with Gasteiger partial charge in [0.15, 0.2) is 0 Å². The fourth-order valence-electron chi connectivity index (χ4n) is 2.07. The summed E-state index contributed by atoms with van der Waals surface area (Å²) in [7, 11) is 1.35. The summed E-state index contributed by atoms with van der Waals surface area (Å²) in [6.45, 7) is 4.19. The first-order chi connectivity index (χ1) is 10.7. The van der Waals surface area contributed by atoms with Crippen molar-refractivity contribution in [3.8, 4) is 0 Å². The summed E-state index contributed by atoms with van der Waals surface area (Å²) >= 11 is 0. The fourth-order valence-corrected chi connectivity index (χ4v) is 2.07. The molecule has 0 atom stereocenters. The van der Waals surface area contributed by atoms with Crippen LogP contribution in [0.3, 0.4) is 0 Å². The second-order valence-electron chi connectivity index (χ2n) is 4.92. The molecule has 0 aromatic heterocycles. The van der Waals surface area contributed by atoms with Gasteiger partial charge in [-0.3, -0.25) is 9.59 Å². The molecule has 0 heterocycles. The highest BCUT2D eigenvalue weighted by atomic mass is 16.5. The Labute approximate surface area is 132 Å². The first-order valence-corrected chi connectivity index (χ1v) is 7.63. The molecule has 1 amide bonds. The Bertz CT molecular complexity index is 447. The zero-order chi connectivity index (χ0) is 16.2. The van der Waals surface area contributed by atoms with Gasteiger partial charge in [-0.05, 0) is 18.9 Å². The molecule has 0 unspecified atom stereocenters. The zero-order valence-corrected chi connectivity index (χ0v) is 13.4. The number of esters is 1. The molecule has 1 aromatic carbocycles. The van der Waals surface area contributed by atoms with Crippen molar-refractivity contribution in [2.45, 2.75) is 26.2 Å². The third kappa shape index (κ3) is 7.22. The molecule has 122 valence electrons. The van der Waals surface area contributed by atoms with Gasteiger partial charge in [-0.1, -0.05) is 30.3 Å². The van der Waals surface area contributed by atoms with Gasteiger partial charge in [-0.25, -0.2) is 0 Å². The maximum Gasteiger partial charge on any atom is 0.307 e. The largest absolute Gasteiger partial charge is 0.469 e. The number of hydrogen-bond acceptors (Lipinski definition) is 4. The summed E-state index contributed by atoms with van der Waals surface area (Å²) in [5.74, 6) is -0.283. The van der Waals surface area contributed by atoms with Gasteiger partial charge in [0.05, 0.1) is 20.0 Å². The van der Waals surface area contributed by atoms with E-state index in [1.54, 1.807) is 4.90 Å². The van der Waals surface area contributed by atoms with Crippen molar-refractivity contribution in [2.75, 3.05) is 33.4 Å². The Hall–Kier alpha value is -1.88. The summed E-state index contributed by atoms with van der Waals surface area (Å²) < 4.78 is 9.94. The lowest BCUT2D eigenvalue weighted by atomic mass is 10.1. The molecule has 22 heavy (non-hydrogen) atoms. The van der Waals surface area contributed by atoms with E-state index < -0.39 is 0 Å². The Balaban J connectivity index is 2.54. The molecule has 0 fully saturated rings. The van der Waals surface area contributed by atoms with Gasteiger partial charge in [-0.15, -0.1) is 0 Å². The van der Waals surface area contributed by atoms with Crippen LogP contribution >= 0.6 is 0 Å². The van der Waals surface area contributed by atoms with Crippen LogP contribution in [0, 0.1) is 0 Å². The molecule has 0 aliphatic rings. The number of hydrogen-bond donors (Lipinski definition) is 0. The highest BCUT2D eigenvalue weighted by Crippen LogP contribution is 2.05. The maximum absolute atomic E-state index is 12.4. The SMILES string of the molecule is CCOCCCN(CCC(=O)OC)C(=O)Cc1ccccc1. The first kappa shape index (κ1) is 18.2. The Morgan fingerprint density at radius 3 is 2.50 bits per heavy atom. The summed E-state index contributed by atoms with van der Waals surface area (Å²) in [6, 6.07) is 9.60. The van der Waals surface area contributed by atoms with Crippen LogP contribution < -0.4 is 0 Å². The molecule has 0 saturated carbocycles. The van der Waals surface area contributed by atoms with Crippen LogP contribution in [0.5, 0.6) is 0 Å². The van der Waals surface area contributed by atoms with E-state index in [0.717, 1.165) is 12.0 Å². The average Bonchev–Trinajstić information content (AvgIpc) is 2.54. The molecule has 1 aromatic rings. The van der Waals surface area contributed by atoms with Crippen molar-refractivity contribution in [1.82, 2.24) is 4.90 Å². The van der Waals surface area contributed by atoms with E-state index in [4.69, 9.17) is 4.74 Å². The summed E-state index contributed by atoms with van der Waals surface area (Å²) in [6.07, 6.45) is 1.32. The standard InChI is InChI=1S/C17H25NO4/c1-3-22-13-7-11-18(12-10-17(20)21-2)16(19)14-15-8-5-4-6-9-15/h4-6,8-9H,3,7,10-14H2,1-2H3. The predicted molar refractivity (Wildman–Crippen MR) is 84.5 cm³/mol. The van der Waals surface area contributed by atoms with Crippen molar-refractivity contribution in [3.63, 3.8) is 0 Å². The van der Waals surface area contributed by atoms with Crippen LogP contribution in [0.25, 0.3) is 0 Å². The number of carbonyl (C=O) groups is 2. The molecule has 0 spiro atoms. The Morgan fingerprint density at radius 1 is 1.14 bits per heavy atom. The second-order valence-corrected chi connectivity index (χ2v) is 4.92. The molecule has 0 bridgehead atoms. The highest BCUT2D eigenvalue weighted by Gasteiger charge is 2.15. The lowest BCUT2D eigenvalue weighted by Gasteiger charge is -2.22. The number of carbonyl (C=O) groups excluding carboxylic acids is 2. The number of benzene rings is 1. The van der Waals surface area contributed by atoms with Gasteiger partial charge >= 0.3 is 5.97 Å². The highest BCUT2D eigenvalue weighted by molar-refractivity contribution is 5.79. The van der Waals surface area contributed by atoms with Gasteiger partial charge in [-0.2, -0.15) is 0 Å². The topological polar surface area (TPSA) is 55.8 Å². The van der Waals surface area contributed by atoms with Crippen molar-refractivity contribution in [1.29, 1.82) is 0 Å². The van der Waals surface area contributed by atoms with E-state index in [1.807, 2.05) is 37.3 Å². The number of methoxy groups -OCH3 is 1. The molecule has 0 saturated heterocycles. The number of ether oxygens (including phenoxy) is 2. The fraction of sp³-hybridized carbons (Fsp3) is 0.529. The maximum atomic E-state index is 12.4. The first-order valence-electron chi connectivity index (χ1n) is 7.63. The summed E-state index contributed by atoms with van der Waals surface area (Å²) in [5, 5.41) is 0. The van der Waals surface area contributed by atoms with Gasteiger partial charge in [0.2, 0.25) is 5.91 Å². The van der Waals surface area contributed by atoms with Crippen LogP contribution in [0.4, 0.5) is 0 Å². The molecule has 0 N–H and O–H groups in total. The summed E-state index contributed by atoms with van der Waals surface area (Å²) in [5.41, 5.74) is 0.973. The molecular formula is C17H25NO4. The van der Waals surface area contributed by atoms with Crippen LogP contribution in [-0.4, -0.2) is 50.2 Å². The van der Waals surface area contributed by atoms with E-state index in [0.29, 0.717) is 32.7 Å². The van der Waals surface area contributed by atoms with E-state index in [1.165, 1.54) is 7.11 Å². The second kappa shape index (κ2) is 10.8. The van der Waals surface area contributed by atoms with Crippen molar-refractivity contribution >= 4 is 11.9 Å². The van der Waals surface area contributed by atoms with E-state index >= 15 is 0 Å². The third-order valence-corrected chi connectivity index (χ3v) is 3.29. The molecule has 5 heteroatoms. The number of nitrogens with zero attached hydrogens (tertiary/aromatic N) is 1. The van der Waals surface area contributed by atoms with Crippen LogP contribution in [0.2, 0.25) is 0 Å². The van der Waals surface area contributed by atoms with Crippen molar-refractivity contribution in [3.05, 3.63) is 35.9 Å². The molecule has 0 radical (unpaired) electrons. The van der Waals surface area contributed by atoms with Crippen LogP contribution in [0.15, 0.2) is 30.3 Å². The minimum atomic E-state index is -0.303. The Morgan fingerprint density at radius 2 is 1.86 bits per heavy atom. The molecule has 5 nitrogen and oxygen atoms in total. The molecule has 0 aliphatic heterocycles. The molecule has 1 rings (SSSR count).